The second-order valence-electron chi connectivity index (χ2n) is 4.73. The molecular weight excluding hydrogens is 222 g/mol. The first-order valence-corrected chi connectivity index (χ1v) is 6.14. The Labute approximate surface area is 105 Å². The van der Waals surface area contributed by atoms with E-state index in [2.05, 4.69) is 51.7 Å². The molecule has 3 nitrogen and oxygen atoms in total. The average molecular weight is 235 g/mol. The van der Waals surface area contributed by atoms with Crippen molar-refractivity contribution in [2.75, 3.05) is 5.32 Å². The van der Waals surface area contributed by atoms with Crippen molar-refractivity contribution in [1.29, 1.82) is 0 Å². The van der Waals surface area contributed by atoms with Gasteiger partial charge in [-0.15, -0.1) is 0 Å². The molecule has 1 aliphatic heterocycles. The normalized spacial score (nSPS) is 12.9. The summed E-state index contributed by atoms with van der Waals surface area (Å²) in [5, 5.41) is 4.70. The predicted molar refractivity (Wildman–Crippen MR) is 73.6 cm³/mol. The Morgan fingerprint density at radius 3 is 2.94 bits per heavy atom. The second-order valence-corrected chi connectivity index (χ2v) is 4.73. The maximum atomic E-state index is 4.55. The van der Waals surface area contributed by atoms with Crippen LogP contribution in [-0.2, 0) is 6.54 Å². The summed E-state index contributed by atoms with van der Waals surface area (Å²) >= 11 is 0. The molecule has 0 aliphatic carbocycles. The predicted octanol–water partition coefficient (Wildman–Crippen LogP) is 3.46. The Balaban J connectivity index is 2.06. The van der Waals surface area contributed by atoms with E-state index in [1.165, 1.54) is 22.2 Å². The summed E-state index contributed by atoms with van der Waals surface area (Å²) in [6.45, 7) is 2.85. The lowest BCUT2D eigenvalue weighted by molar-refractivity contribution is 1.07. The fourth-order valence-electron chi connectivity index (χ4n) is 2.68. The Bertz CT molecular complexity index is 756. The molecule has 3 heteroatoms. The van der Waals surface area contributed by atoms with Gasteiger partial charge in [-0.1, -0.05) is 18.2 Å². The fraction of sp³-hybridized carbons (Fsp3) is 0.133. The Morgan fingerprint density at radius 1 is 1.11 bits per heavy atom. The molecule has 0 saturated carbocycles. The van der Waals surface area contributed by atoms with E-state index in [1.54, 1.807) is 0 Å². The molecule has 3 heterocycles. The summed E-state index contributed by atoms with van der Waals surface area (Å²) < 4.78 is 0. The number of fused-ring (bicyclic) bond motifs is 5. The van der Waals surface area contributed by atoms with Crippen molar-refractivity contribution in [2.24, 2.45) is 0 Å². The van der Waals surface area contributed by atoms with Gasteiger partial charge in [0, 0.05) is 34.3 Å². The molecule has 0 radical (unpaired) electrons. The van der Waals surface area contributed by atoms with Crippen LogP contribution in [0, 0.1) is 6.92 Å². The van der Waals surface area contributed by atoms with Crippen molar-refractivity contribution in [3.05, 3.63) is 47.7 Å². The van der Waals surface area contributed by atoms with Gasteiger partial charge in [-0.05, 0) is 25.1 Å². The minimum atomic E-state index is 0.836. The van der Waals surface area contributed by atoms with Gasteiger partial charge in [-0.3, -0.25) is 0 Å². The molecule has 0 atom stereocenters. The number of benzene rings is 1. The lowest BCUT2D eigenvalue weighted by Gasteiger charge is -2.18. The Kier molecular flexibility index (Phi) is 1.81. The molecule has 0 bridgehead atoms. The summed E-state index contributed by atoms with van der Waals surface area (Å²) in [5.74, 6) is 0.981. The third-order valence-corrected chi connectivity index (χ3v) is 3.55. The zero-order valence-electron chi connectivity index (χ0n) is 10.1. The van der Waals surface area contributed by atoms with Crippen molar-refractivity contribution in [3.63, 3.8) is 0 Å². The highest BCUT2D eigenvalue weighted by Crippen LogP contribution is 2.37. The summed E-state index contributed by atoms with van der Waals surface area (Å²) in [4.78, 5) is 8.06. The third-order valence-electron chi connectivity index (χ3n) is 3.55. The molecule has 0 spiro atoms. The van der Waals surface area contributed by atoms with E-state index in [0.717, 1.165) is 23.6 Å². The highest BCUT2D eigenvalue weighted by Gasteiger charge is 2.20. The van der Waals surface area contributed by atoms with Gasteiger partial charge in [-0.25, -0.2) is 4.98 Å². The Hall–Kier alpha value is -2.29. The lowest BCUT2D eigenvalue weighted by Crippen LogP contribution is -2.09. The molecule has 0 saturated heterocycles. The number of anilines is 1. The van der Waals surface area contributed by atoms with Crippen molar-refractivity contribution >= 4 is 16.7 Å². The van der Waals surface area contributed by atoms with Crippen LogP contribution in [0.15, 0.2) is 36.4 Å². The van der Waals surface area contributed by atoms with Crippen LogP contribution < -0.4 is 5.32 Å². The molecular formula is C15H13N3. The van der Waals surface area contributed by atoms with E-state index >= 15 is 0 Å². The summed E-state index contributed by atoms with van der Waals surface area (Å²) in [7, 11) is 0. The van der Waals surface area contributed by atoms with Gasteiger partial charge in [0.25, 0.3) is 0 Å². The van der Waals surface area contributed by atoms with Gasteiger partial charge >= 0.3 is 0 Å². The first-order chi connectivity index (χ1) is 8.83. The zero-order chi connectivity index (χ0) is 12.1. The van der Waals surface area contributed by atoms with Gasteiger partial charge in [0.2, 0.25) is 0 Å². The fourth-order valence-corrected chi connectivity index (χ4v) is 2.68. The van der Waals surface area contributed by atoms with Crippen LogP contribution in [0.2, 0.25) is 0 Å². The van der Waals surface area contributed by atoms with Crippen molar-refractivity contribution < 1.29 is 0 Å². The van der Waals surface area contributed by atoms with Gasteiger partial charge in [-0.2, -0.15) is 0 Å². The maximum absolute atomic E-state index is 4.55. The molecule has 2 aromatic heterocycles. The largest absolute Gasteiger partial charge is 0.365 e. The summed E-state index contributed by atoms with van der Waals surface area (Å²) in [5.41, 5.74) is 5.94. The molecule has 2 N–H and O–H groups in total. The van der Waals surface area contributed by atoms with Gasteiger partial charge in [0.1, 0.15) is 5.82 Å². The monoisotopic (exact) mass is 235 g/mol. The molecule has 18 heavy (non-hydrogen) atoms. The van der Waals surface area contributed by atoms with Crippen LogP contribution in [0.1, 0.15) is 11.3 Å². The number of rotatable bonds is 0. The number of nitrogens with one attached hydrogen (secondary N) is 2. The topological polar surface area (TPSA) is 40.7 Å². The lowest BCUT2D eigenvalue weighted by atomic mass is 10.0. The number of H-pyrrole nitrogens is 1. The van der Waals surface area contributed by atoms with Crippen molar-refractivity contribution in [1.82, 2.24) is 9.97 Å². The number of para-hydroxylation sites is 1. The molecule has 0 amide bonds. The average Bonchev–Trinajstić information content (AvgIpc) is 2.77. The maximum Gasteiger partial charge on any atom is 0.135 e. The molecule has 3 aromatic rings. The molecule has 0 unspecified atom stereocenters. The van der Waals surface area contributed by atoms with Gasteiger partial charge in [0.05, 0.1) is 5.69 Å². The number of aromatic amines is 1. The number of pyridine rings is 1. The van der Waals surface area contributed by atoms with Crippen LogP contribution in [0.25, 0.3) is 22.2 Å². The van der Waals surface area contributed by atoms with E-state index in [0.29, 0.717) is 0 Å². The van der Waals surface area contributed by atoms with Crippen LogP contribution in [0.5, 0.6) is 0 Å². The number of aromatic nitrogens is 2. The van der Waals surface area contributed by atoms with Crippen LogP contribution in [-0.4, -0.2) is 9.97 Å². The molecule has 1 aromatic carbocycles. The van der Waals surface area contributed by atoms with Gasteiger partial charge in [0.15, 0.2) is 0 Å². The van der Waals surface area contributed by atoms with Crippen LogP contribution >= 0.6 is 0 Å². The number of nitrogens with zero attached hydrogens (tertiary/aromatic N) is 1. The zero-order valence-corrected chi connectivity index (χ0v) is 10.1. The number of aryl methyl sites for hydroxylation is 1. The van der Waals surface area contributed by atoms with Crippen LogP contribution in [0.3, 0.4) is 0 Å². The first kappa shape index (κ1) is 9.71. The highest BCUT2D eigenvalue weighted by molar-refractivity contribution is 5.94. The van der Waals surface area contributed by atoms with Crippen molar-refractivity contribution in [3.8, 4) is 11.3 Å². The number of hydrogen-bond donors (Lipinski definition) is 2. The van der Waals surface area contributed by atoms with Gasteiger partial charge < -0.3 is 10.3 Å². The minimum Gasteiger partial charge on any atom is -0.365 e. The van der Waals surface area contributed by atoms with E-state index in [9.17, 15) is 0 Å². The van der Waals surface area contributed by atoms with E-state index in [1.807, 2.05) is 6.92 Å². The highest BCUT2D eigenvalue weighted by atomic mass is 15.0. The summed E-state index contributed by atoms with van der Waals surface area (Å²) in [6.07, 6.45) is 0. The Morgan fingerprint density at radius 2 is 2.00 bits per heavy atom. The minimum absolute atomic E-state index is 0.836. The number of hydrogen-bond acceptors (Lipinski definition) is 2. The quantitative estimate of drug-likeness (QED) is 0.626. The standard InChI is InChI=1S/C15H13N3/c1-9-6-7-11-14-12(8-16-15(11)17-9)10-4-2-3-5-13(10)18-14/h2-7,18H,8H2,1H3,(H,16,17). The molecule has 88 valence electrons. The van der Waals surface area contributed by atoms with E-state index in [-0.39, 0.29) is 0 Å². The van der Waals surface area contributed by atoms with Crippen molar-refractivity contribution in [2.45, 2.75) is 13.5 Å². The third kappa shape index (κ3) is 1.21. The molecule has 0 fully saturated rings. The van der Waals surface area contributed by atoms with Crippen LogP contribution in [0.4, 0.5) is 5.82 Å². The SMILES string of the molecule is Cc1ccc2c(n1)NCc1c-2[nH]c2ccccc12. The summed E-state index contributed by atoms with van der Waals surface area (Å²) in [6, 6.07) is 12.6. The van der Waals surface area contributed by atoms with E-state index in [4.69, 9.17) is 0 Å². The smallest absolute Gasteiger partial charge is 0.135 e. The second kappa shape index (κ2) is 3.35. The molecule has 4 rings (SSSR count). The van der Waals surface area contributed by atoms with E-state index < -0.39 is 0 Å². The molecule has 1 aliphatic rings. The first-order valence-electron chi connectivity index (χ1n) is 6.14.